The van der Waals surface area contributed by atoms with Crippen molar-refractivity contribution >= 4 is 5.57 Å². The molecule has 0 N–H and O–H groups in total. The molecular formula is C17H20F2. The molecule has 0 aromatic heterocycles. The molecule has 1 aromatic rings. The molecule has 19 heavy (non-hydrogen) atoms. The first kappa shape index (κ1) is 14.0. The smallest absolute Gasteiger partial charge is 0.205 e. The standard InChI is InChI=1S/C17H20F2/c1-11(2)16-10-15(5-4-12(16)3)13-6-8-14(9-7-13)17(18)19/h6-11,17H,4-5H2,1-3H3. The zero-order valence-electron chi connectivity index (χ0n) is 11.7. The molecule has 0 fully saturated rings. The zero-order valence-corrected chi connectivity index (χ0v) is 11.7. The average Bonchev–Trinajstić information content (AvgIpc) is 2.39. The second-order valence-electron chi connectivity index (χ2n) is 5.48. The Hall–Kier alpha value is -1.44. The van der Waals surface area contributed by atoms with E-state index < -0.39 is 6.43 Å². The summed E-state index contributed by atoms with van der Waals surface area (Å²) in [4.78, 5) is 0. The first-order valence-corrected chi connectivity index (χ1v) is 6.77. The van der Waals surface area contributed by atoms with Crippen LogP contribution in [0.4, 0.5) is 8.78 Å². The summed E-state index contributed by atoms with van der Waals surface area (Å²) in [7, 11) is 0. The Bertz CT molecular complexity index is 505. The van der Waals surface area contributed by atoms with Crippen LogP contribution in [0.15, 0.2) is 41.5 Å². The number of benzene rings is 1. The molecule has 1 aromatic carbocycles. The Morgan fingerprint density at radius 3 is 2.16 bits per heavy atom. The maximum absolute atomic E-state index is 12.5. The van der Waals surface area contributed by atoms with Crippen molar-refractivity contribution in [3.8, 4) is 0 Å². The van der Waals surface area contributed by atoms with Crippen molar-refractivity contribution in [2.45, 2.75) is 40.0 Å². The van der Waals surface area contributed by atoms with Crippen LogP contribution in [0, 0.1) is 5.92 Å². The highest BCUT2D eigenvalue weighted by Crippen LogP contribution is 2.33. The summed E-state index contributed by atoms with van der Waals surface area (Å²) >= 11 is 0. The van der Waals surface area contributed by atoms with Crippen LogP contribution in [0.2, 0.25) is 0 Å². The molecule has 2 heteroatoms. The first-order valence-electron chi connectivity index (χ1n) is 6.77. The van der Waals surface area contributed by atoms with Crippen LogP contribution in [0.3, 0.4) is 0 Å². The third kappa shape index (κ3) is 3.12. The zero-order chi connectivity index (χ0) is 14.0. The van der Waals surface area contributed by atoms with Crippen LogP contribution in [0.1, 0.15) is 51.2 Å². The van der Waals surface area contributed by atoms with Crippen molar-refractivity contribution in [1.29, 1.82) is 0 Å². The molecule has 0 heterocycles. The van der Waals surface area contributed by atoms with Gasteiger partial charge in [0.1, 0.15) is 0 Å². The van der Waals surface area contributed by atoms with E-state index in [1.54, 1.807) is 0 Å². The number of hydrogen-bond donors (Lipinski definition) is 0. The molecule has 0 bridgehead atoms. The molecule has 0 aliphatic heterocycles. The van der Waals surface area contributed by atoms with Crippen LogP contribution < -0.4 is 0 Å². The van der Waals surface area contributed by atoms with Crippen LogP contribution in [-0.4, -0.2) is 0 Å². The highest BCUT2D eigenvalue weighted by atomic mass is 19.3. The molecule has 1 aliphatic rings. The predicted molar refractivity (Wildman–Crippen MR) is 76.1 cm³/mol. The predicted octanol–water partition coefficient (Wildman–Crippen LogP) is 5.77. The topological polar surface area (TPSA) is 0 Å². The van der Waals surface area contributed by atoms with E-state index in [0.717, 1.165) is 18.4 Å². The Balaban J connectivity index is 2.30. The second kappa shape index (κ2) is 5.68. The van der Waals surface area contributed by atoms with Crippen LogP contribution in [-0.2, 0) is 0 Å². The van der Waals surface area contributed by atoms with Crippen LogP contribution >= 0.6 is 0 Å². The highest BCUT2D eigenvalue weighted by Gasteiger charge is 2.14. The molecule has 2 rings (SSSR count). The van der Waals surface area contributed by atoms with Gasteiger partial charge < -0.3 is 0 Å². The van der Waals surface area contributed by atoms with Gasteiger partial charge in [0, 0.05) is 5.56 Å². The van der Waals surface area contributed by atoms with Gasteiger partial charge in [0.05, 0.1) is 0 Å². The van der Waals surface area contributed by atoms with Gasteiger partial charge >= 0.3 is 0 Å². The first-order chi connectivity index (χ1) is 8.99. The molecular weight excluding hydrogens is 242 g/mol. The van der Waals surface area contributed by atoms with Crippen molar-refractivity contribution < 1.29 is 8.78 Å². The Kier molecular flexibility index (Phi) is 4.18. The van der Waals surface area contributed by atoms with Gasteiger partial charge in [-0.05, 0) is 42.4 Å². The van der Waals surface area contributed by atoms with E-state index in [1.165, 1.54) is 28.9 Å². The van der Waals surface area contributed by atoms with Crippen LogP contribution in [0.5, 0.6) is 0 Å². The maximum atomic E-state index is 12.5. The third-order valence-corrected chi connectivity index (χ3v) is 3.75. The Morgan fingerprint density at radius 1 is 1.00 bits per heavy atom. The lowest BCUT2D eigenvalue weighted by Gasteiger charge is -2.21. The second-order valence-corrected chi connectivity index (χ2v) is 5.48. The minimum Gasteiger partial charge on any atom is -0.205 e. The summed E-state index contributed by atoms with van der Waals surface area (Å²) in [5, 5.41) is 0. The van der Waals surface area contributed by atoms with Gasteiger partial charge in [-0.3, -0.25) is 0 Å². The number of halogens is 2. The van der Waals surface area contributed by atoms with E-state index in [0.29, 0.717) is 5.92 Å². The van der Waals surface area contributed by atoms with E-state index in [9.17, 15) is 8.78 Å². The summed E-state index contributed by atoms with van der Waals surface area (Å²) in [5.74, 6) is 0.510. The molecule has 0 spiro atoms. The Labute approximate surface area is 113 Å². The minimum atomic E-state index is -2.39. The molecule has 102 valence electrons. The quantitative estimate of drug-likeness (QED) is 0.648. The molecule has 0 saturated heterocycles. The fourth-order valence-corrected chi connectivity index (χ4v) is 2.58. The van der Waals surface area contributed by atoms with Crippen molar-refractivity contribution in [2.24, 2.45) is 5.92 Å². The van der Waals surface area contributed by atoms with Gasteiger partial charge in [0.2, 0.25) is 0 Å². The third-order valence-electron chi connectivity index (χ3n) is 3.75. The summed E-state index contributed by atoms with van der Waals surface area (Å²) < 4.78 is 25.1. The van der Waals surface area contributed by atoms with E-state index in [1.807, 2.05) is 12.1 Å². The van der Waals surface area contributed by atoms with Crippen LogP contribution in [0.25, 0.3) is 5.57 Å². The fraction of sp³-hybridized carbons (Fsp3) is 0.412. The number of rotatable bonds is 3. The fourth-order valence-electron chi connectivity index (χ4n) is 2.58. The molecule has 0 amide bonds. The van der Waals surface area contributed by atoms with Gasteiger partial charge in [-0.25, -0.2) is 8.78 Å². The van der Waals surface area contributed by atoms with Crippen molar-refractivity contribution in [2.75, 3.05) is 0 Å². The number of allylic oxidation sites excluding steroid dienone is 4. The maximum Gasteiger partial charge on any atom is 0.263 e. The molecule has 0 radical (unpaired) electrons. The molecule has 0 nitrogen and oxygen atoms in total. The van der Waals surface area contributed by atoms with E-state index in [4.69, 9.17) is 0 Å². The lowest BCUT2D eigenvalue weighted by Crippen LogP contribution is -2.02. The van der Waals surface area contributed by atoms with Gasteiger partial charge in [-0.15, -0.1) is 0 Å². The van der Waals surface area contributed by atoms with E-state index >= 15 is 0 Å². The summed E-state index contributed by atoms with van der Waals surface area (Å²) in [6.45, 7) is 6.57. The minimum absolute atomic E-state index is 0.0935. The number of alkyl halides is 2. The Morgan fingerprint density at radius 2 is 1.63 bits per heavy atom. The monoisotopic (exact) mass is 262 g/mol. The van der Waals surface area contributed by atoms with E-state index in [2.05, 4.69) is 26.8 Å². The van der Waals surface area contributed by atoms with Gasteiger partial charge in [0.15, 0.2) is 0 Å². The number of hydrogen-bond acceptors (Lipinski definition) is 0. The molecule has 0 unspecified atom stereocenters. The molecule has 0 atom stereocenters. The largest absolute Gasteiger partial charge is 0.263 e. The van der Waals surface area contributed by atoms with Crippen molar-refractivity contribution in [1.82, 2.24) is 0 Å². The summed E-state index contributed by atoms with van der Waals surface area (Å²) in [6, 6.07) is 6.68. The van der Waals surface area contributed by atoms with E-state index in [-0.39, 0.29) is 5.56 Å². The van der Waals surface area contributed by atoms with Gasteiger partial charge in [-0.2, -0.15) is 0 Å². The van der Waals surface area contributed by atoms with Gasteiger partial charge in [-0.1, -0.05) is 49.8 Å². The van der Waals surface area contributed by atoms with Gasteiger partial charge in [0.25, 0.3) is 6.43 Å². The lowest BCUT2D eigenvalue weighted by atomic mass is 9.85. The normalized spacial score (nSPS) is 16.3. The lowest BCUT2D eigenvalue weighted by molar-refractivity contribution is 0.151. The average molecular weight is 262 g/mol. The highest BCUT2D eigenvalue weighted by molar-refractivity contribution is 5.70. The molecule has 0 saturated carbocycles. The summed E-state index contributed by atoms with van der Waals surface area (Å²) in [5.41, 5.74) is 5.25. The van der Waals surface area contributed by atoms with Crippen molar-refractivity contribution in [3.05, 3.63) is 52.6 Å². The summed E-state index contributed by atoms with van der Waals surface area (Å²) in [6.07, 6.45) is 1.91. The molecule has 1 aliphatic carbocycles. The van der Waals surface area contributed by atoms with Crippen molar-refractivity contribution in [3.63, 3.8) is 0 Å². The SMILES string of the molecule is CC1=C(C(C)C)C=C(c2ccc(C(F)F)cc2)CC1.